The molecule has 1 heterocycles. The normalized spacial score (nSPS) is 25.3. The van der Waals surface area contributed by atoms with Crippen LogP contribution >= 0.6 is 0 Å². The number of nitrogens with zero attached hydrogens (tertiary/aromatic N) is 1. The number of rotatable bonds is 6. The Hall–Kier alpha value is -1.34. The molecule has 0 radical (unpaired) electrons. The Labute approximate surface area is 181 Å². The first-order valence-electron chi connectivity index (χ1n) is 12.2. The number of piperidine rings is 1. The minimum Gasteiger partial charge on any atom is -0.297 e. The maximum Gasteiger partial charge on any atom is 0.0291 e. The first kappa shape index (κ1) is 23.9. The molecule has 1 nitrogen and oxygen atoms in total. The molecule has 29 heavy (non-hydrogen) atoms. The van der Waals surface area contributed by atoms with Gasteiger partial charge < -0.3 is 0 Å². The van der Waals surface area contributed by atoms with Crippen LogP contribution in [0.1, 0.15) is 90.8 Å². The molecule has 2 aliphatic rings. The highest BCUT2D eigenvalue weighted by Crippen LogP contribution is 2.51. The number of hydrogen-bond acceptors (Lipinski definition) is 1. The standard InChI is InChI=1S/C26H39N.C2H6/c1-7-19(4)18-27-16-15-26(25-20(5)11-10-12-23(25)9-3)17-22(8-2)13-14-24(26)21(27)6;1-2/h10-14,19,21H,7-9,15-18H2,1-6H3;1-2H3. The molecular formula is C28H45N. The van der Waals surface area contributed by atoms with Crippen molar-refractivity contribution in [1.29, 1.82) is 0 Å². The molecule has 162 valence electrons. The molecule has 1 aromatic carbocycles. The van der Waals surface area contributed by atoms with E-state index in [2.05, 4.69) is 76.8 Å². The van der Waals surface area contributed by atoms with Crippen molar-refractivity contribution in [2.45, 2.75) is 99.0 Å². The van der Waals surface area contributed by atoms with E-state index in [1.54, 1.807) is 22.3 Å². The Balaban J connectivity index is 0.00000145. The average Bonchev–Trinajstić information content (AvgIpc) is 2.76. The first-order valence-corrected chi connectivity index (χ1v) is 12.2. The largest absolute Gasteiger partial charge is 0.297 e. The molecule has 1 aliphatic carbocycles. The van der Waals surface area contributed by atoms with Crippen LogP contribution in [0.15, 0.2) is 41.5 Å². The van der Waals surface area contributed by atoms with Crippen LogP contribution in [0.25, 0.3) is 0 Å². The zero-order valence-corrected chi connectivity index (χ0v) is 20.4. The molecule has 0 N–H and O–H groups in total. The predicted octanol–water partition coefficient (Wildman–Crippen LogP) is 7.63. The fourth-order valence-electron chi connectivity index (χ4n) is 5.50. The monoisotopic (exact) mass is 395 g/mol. The maximum absolute atomic E-state index is 2.74. The first-order chi connectivity index (χ1) is 14.0. The average molecular weight is 396 g/mol. The van der Waals surface area contributed by atoms with Gasteiger partial charge in [-0.25, -0.2) is 0 Å². The minimum absolute atomic E-state index is 0.210. The molecule has 0 amide bonds. The number of likely N-dealkylation sites (tertiary alicyclic amines) is 1. The summed E-state index contributed by atoms with van der Waals surface area (Å²) in [5, 5.41) is 0. The van der Waals surface area contributed by atoms with Crippen LogP contribution in [-0.4, -0.2) is 24.0 Å². The molecule has 1 aromatic rings. The molecule has 1 fully saturated rings. The van der Waals surface area contributed by atoms with E-state index in [-0.39, 0.29) is 5.41 Å². The van der Waals surface area contributed by atoms with Gasteiger partial charge in [-0.05, 0) is 74.3 Å². The highest BCUT2D eigenvalue weighted by Gasteiger charge is 2.46. The third-order valence-corrected chi connectivity index (χ3v) is 7.32. The van der Waals surface area contributed by atoms with Crippen LogP contribution in [0.5, 0.6) is 0 Å². The molecule has 1 saturated heterocycles. The van der Waals surface area contributed by atoms with Gasteiger partial charge in [-0.1, -0.05) is 83.9 Å². The Kier molecular flexibility index (Phi) is 8.76. The molecule has 3 unspecified atom stereocenters. The van der Waals surface area contributed by atoms with Gasteiger partial charge in [0, 0.05) is 18.0 Å². The van der Waals surface area contributed by atoms with Crippen LogP contribution in [0.4, 0.5) is 0 Å². The van der Waals surface area contributed by atoms with Crippen molar-refractivity contribution in [2.75, 3.05) is 13.1 Å². The van der Waals surface area contributed by atoms with Gasteiger partial charge in [0.15, 0.2) is 0 Å². The number of benzene rings is 1. The number of hydrogen-bond donors (Lipinski definition) is 0. The summed E-state index contributed by atoms with van der Waals surface area (Å²) < 4.78 is 0. The Morgan fingerprint density at radius 3 is 2.45 bits per heavy atom. The van der Waals surface area contributed by atoms with Gasteiger partial charge in [-0.15, -0.1) is 0 Å². The second-order valence-corrected chi connectivity index (χ2v) is 8.96. The van der Waals surface area contributed by atoms with Crippen LogP contribution < -0.4 is 0 Å². The Morgan fingerprint density at radius 1 is 1.10 bits per heavy atom. The van der Waals surface area contributed by atoms with E-state index in [0.717, 1.165) is 12.3 Å². The second-order valence-electron chi connectivity index (χ2n) is 8.96. The summed E-state index contributed by atoms with van der Waals surface area (Å²) in [5.41, 5.74) is 8.18. The zero-order valence-electron chi connectivity index (χ0n) is 20.4. The van der Waals surface area contributed by atoms with Crippen LogP contribution in [-0.2, 0) is 11.8 Å². The van der Waals surface area contributed by atoms with E-state index in [4.69, 9.17) is 0 Å². The predicted molar refractivity (Wildman–Crippen MR) is 130 cm³/mol. The van der Waals surface area contributed by atoms with Gasteiger partial charge in [-0.2, -0.15) is 0 Å². The molecule has 1 heteroatoms. The lowest BCUT2D eigenvalue weighted by atomic mass is 9.59. The maximum atomic E-state index is 2.74. The number of fused-ring (bicyclic) bond motifs is 1. The number of allylic oxidation sites excluding steroid dienone is 3. The van der Waals surface area contributed by atoms with Gasteiger partial charge in [0.2, 0.25) is 0 Å². The van der Waals surface area contributed by atoms with E-state index in [0.29, 0.717) is 6.04 Å². The van der Waals surface area contributed by atoms with E-state index < -0.39 is 0 Å². The summed E-state index contributed by atoms with van der Waals surface area (Å²) in [6, 6.07) is 7.49. The minimum atomic E-state index is 0.210. The third-order valence-electron chi connectivity index (χ3n) is 7.32. The summed E-state index contributed by atoms with van der Waals surface area (Å²) in [7, 11) is 0. The van der Waals surface area contributed by atoms with Crippen LogP contribution in [0.2, 0.25) is 0 Å². The van der Waals surface area contributed by atoms with Gasteiger partial charge in [-0.3, -0.25) is 4.90 Å². The summed E-state index contributed by atoms with van der Waals surface area (Å²) in [6.45, 7) is 20.6. The van der Waals surface area contributed by atoms with Gasteiger partial charge in [0.25, 0.3) is 0 Å². The lowest BCUT2D eigenvalue weighted by Gasteiger charge is -2.51. The fourth-order valence-corrected chi connectivity index (χ4v) is 5.50. The lowest BCUT2D eigenvalue weighted by molar-refractivity contribution is 0.136. The molecule has 1 aliphatic heterocycles. The molecule has 0 bridgehead atoms. The van der Waals surface area contributed by atoms with Gasteiger partial charge >= 0.3 is 0 Å². The van der Waals surface area contributed by atoms with Gasteiger partial charge in [0.05, 0.1) is 0 Å². The molecule has 0 saturated carbocycles. The topological polar surface area (TPSA) is 3.24 Å². The molecule has 0 spiro atoms. The summed E-state index contributed by atoms with van der Waals surface area (Å²) in [5.74, 6) is 0.774. The molecule has 3 atom stereocenters. The molecule has 0 aromatic heterocycles. The van der Waals surface area contributed by atoms with E-state index in [9.17, 15) is 0 Å². The Bertz CT molecular complexity index is 726. The van der Waals surface area contributed by atoms with Crippen molar-refractivity contribution in [3.8, 4) is 0 Å². The number of aryl methyl sites for hydroxylation is 2. The smallest absolute Gasteiger partial charge is 0.0291 e. The summed E-state index contributed by atoms with van der Waals surface area (Å²) >= 11 is 0. The highest BCUT2D eigenvalue weighted by molar-refractivity contribution is 5.53. The van der Waals surface area contributed by atoms with Crippen molar-refractivity contribution in [3.05, 3.63) is 58.2 Å². The SMILES string of the molecule is CC.CCC1=CC=C2C(C)N(CC(C)CC)CCC2(c2c(C)cccc2CC)C1. The zero-order chi connectivity index (χ0) is 21.6. The van der Waals surface area contributed by atoms with Crippen molar-refractivity contribution >= 4 is 0 Å². The third kappa shape index (κ3) is 4.71. The Morgan fingerprint density at radius 2 is 1.83 bits per heavy atom. The fraction of sp³-hybridized carbons (Fsp3) is 0.643. The molecular weight excluding hydrogens is 350 g/mol. The van der Waals surface area contributed by atoms with Crippen LogP contribution in [0.3, 0.4) is 0 Å². The van der Waals surface area contributed by atoms with E-state index >= 15 is 0 Å². The van der Waals surface area contributed by atoms with Crippen LogP contribution in [0, 0.1) is 12.8 Å². The van der Waals surface area contributed by atoms with Crippen molar-refractivity contribution in [3.63, 3.8) is 0 Å². The second kappa shape index (κ2) is 10.6. The lowest BCUT2D eigenvalue weighted by Crippen LogP contribution is -2.52. The summed E-state index contributed by atoms with van der Waals surface area (Å²) in [6.07, 6.45) is 11.0. The summed E-state index contributed by atoms with van der Waals surface area (Å²) in [4.78, 5) is 2.74. The van der Waals surface area contributed by atoms with Crippen molar-refractivity contribution < 1.29 is 0 Å². The van der Waals surface area contributed by atoms with Crippen molar-refractivity contribution in [2.24, 2.45) is 5.92 Å². The van der Waals surface area contributed by atoms with Crippen molar-refractivity contribution in [1.82, 2.24) is 4.90 Å². The van der Waals surface area contributed by atoms with E-state index in [1.165, 1.54) is 44.3 Å². The highest BCUT2D eigenvalue weighted by atomic mass is 15.2. The quantitative estimate of drug-likeness (QED) is 0.478. The molecule has 3 rings (SSSR count). The van der Waals surface area contributed by atoms with E-state index in [1.807, 2.05) is 13.8 Å². The van der Waals surface area contributed by atoms with Gasteiger partial charge in [0.1, 0.15) is 0 Å².